The Labute approximate surface area is 150 Å². The largest absolute Gasteiger partial charge is 0.379 e. The highest BCUT2D eigenvalue weighted by Crippen LogP contribution is 2.32. The molecule has 25 heavy (non-hydrogen) atoms. The van der Waals surface area contributed by atoms with Crippen LogP contribution in [0.1, 0.15) is 25.6 Å². The maximum Gasteiger partial charge on any atom is 0.254 e. The van der Waals surface area contributed by atoms with Crippen molar-refractivity contribution < 1.29 is 14.3 Å². The van der Waals surface area contributed by atoms with Crippen LogP contribution in [-0.2, 0) is 11.3 Å². The van der Waals surface area contributed by atoms with E-state index in [4.69, 9.17) is 4.74 Å². The molecule has 1 aromatic heterocycles. The Kier molecular flexibility index (Phi) is 4.65. The summed E-state index contributed by atoms with van der Waals surface area (Å²) in [6.07, 6.45) is 0.873. The summed E-state index contributed by atoms with van der Waals surface area (Å²) in [4.78, 5) is 29.5. The predicted octanol–water partition coefficient (Wildman–Crippen LogP) is 2.52. The minimum Gasteiger partial charge on any atom is -0.379 e. The molecular weight excluding hydrogens is 336 g/mol. The fourth-order valence-electron chi connectivity index (χ4n) is 3.37. The molecule has 2 aliphatic heterocycles. The highest BCUT2D eigenvalue weighted by Gasteiger charge is 2.28. The number of benzene rings is 1. The van der Waals surface area contributed by atoms with Gasteiger partial charge in [0.05, 0.1) is 18.1 Å². The Balaban J connectivity index is 1.46. The van der Waals surface area contributed by atoms with E-state index >= 15 is 0 Å². The van der Waals surface area contributed by atoms with E-state index in [1.807, 2.05) is 29.2 Å². The van der Waals surface area contributed by atoms with Gasteiger partial charge in [0.15, 0.2) is 6.29 Å². The number of carbonyl (C=O) groups excluding carboxylic acids is 2. The third kappa shape index (κ3) is 3.38. The van der Waals surface area contributed by atoms with Gasteiger partial charge < -0.3 is 9.64 Å². The Morgan fingerprint density at radius 3 is 2.72 bits per heavy atom. The standard InChI is InChI=1S/C19H20N2O3S/c22-13-16-2-4-18(25-16)14-1-3-17-15(11-14)12-21(19(17)23)6-5-20-7-9-24-10-8-20/h1-4,11,13H,5-10,12H2. The Hall–Kier alpha value is -2.02. The molecule has 0 spiro atoms. The summed E-state index contributed by atoms with van der Waals surface area (Å²) < 4.78 is 5.37. The predicted molar refractivity (Wildman–Crippen MR) is 97.1 cm³/mol. The first-order valence-electron chi connectivity index (χ1n) is 8.52. The molecule has 0 aliphatic carbocycles. The van der Waals surface area contributed by atoms with Crippen LogP contribution >= 0.6 is 11.3 Å². The zero-order valence-corrected chi connectivity index (χ0v) is 14.8. The van der Waals surface area contributed by atoms with E-state index in [0.29, 0.717) is 6.54 Å². The minimum atomic E-state index is 0.120. The summed E-state index contributed by atoms with van der Waals surface area (Å²) >= 11 is 1.48. The number of thiophene rings is 1. The van der Waals surface area contributed by atoms with E-state index in [1.54, 1.807) is 0 Å². The first-order chi connectivity index (χ1) is 12.2. The molecule has 0 N–H and O–H groups in total. The molecular formula is C19H20N2O3S. The van der Waals surface area contributed by atoms with Crippen molar-refractivity contribution in [2.45, 2.75) is 6.54 Å². The lowest BCUT2D eigenvalue weighted by Gasteiger charge is -2.28. The Morgan fingerprint density at radius 1 is 1.12 bits per heavy atom. The van der Waals surface area contributed by atoms with Crippen molar-refractivity contribution in [2.24, 2.45) is 0 Å². The number of amides is 1. The first kappa shape index (κ1) is 16.4. The van der Waals surface area contributed by atoms with E-state index in [2.05, 4.69) is 11.0 Å². The summed E-state index contributed by atoms with van der Waals surface area (Å²) in [5, 5.41) is 0. The molecule has 0 saturated carbocycles. The van der Waals surface area contributed by atoms with Gasteiger partial charge in [-0.05, 0) is 35.4 Å². The van der Waals surface area contributed by atoms with Gasteiger partial charge in [-0.1, -0.05) is 6.07 Å². The second-order valence-electron chi connectivity index (χ2n) is 6.37. The SMILES string of the molecule is O=Cc1ccc(-c2ccc3c(c2)CN(CCN2CCOCC2)C3=O)s1. The summed E-state index contributed by atoms with van der Waals surface area (Å²) in [5.41, 5.74) is 2.95. The van der Waals surface area contributed by atoms with Crippen molar-refractivity contribution in [1.82, 2.24) is 9.80 Å². The van der Waals surface area contributed by atoms with Gasteiger partial charge in [-0.3, -0.25) is 14.5 Å². The Bertz CT molecular complexity index is 796. The molecule has 1 fully saturated rings. The summed E-state index contributed by atoms with van der Waals surface area (Å²) in [6.45, 7) is 5.74. The zero-order valence-electron chi connectivity index (χ0n) is 13.9. The van der Waals surface area contributed by atoms with Crippen molar-refractivity contribution in [2.75, 3.05) is 39.4 Å². The van der Waals surface area contributed by atoms with Gasteiger partial charge in [-0.25, -0.2) is 0 Å². The average Bonchev–Trinajstić information content (AvgIpc) is 3.25. The molecule has 6 heteroatoms. The molecule has 4 rings (SSSR count). The van der Waals surface area contributed by atoms with Gasteiger partial charge in [-0.2, -0.15) is 0 Å². The number of hydrogen-bond acceptors (Lipinski definition) is 5. The lowest BCUT2D eigenvalue weighted by molar-refractivity contribution is 0.0327. The average molecular weight is 356 g/mol. The molecule has 130 valence electrons. The highest BCUT2D eigenvalue weighted by atomic mass is 32.1. The number of ether oxygens (including phenoxy) is 1. The third-order valence-corrected chi connectivity index (χ3v) is 5.86. The van der Waals surface area contributed by atoms with Crippen LogP contribution in [0.4, 0.5) is 0 Å². The van der Waals surface area contributed by atoms with Crippen molar-refractivity contribution in [1.29, 1.82) is 0 Å². The van der Waals surface area contributed by atoms with Crippen LogP contribution in [0.5, 0.6) is 0 Å². The van der Waals surface area contributed by atoms with Crippen molar-refractivity contribution >= 4 is 23.5 Å². The molecule has 1 aromatic carbocycles. The number of morpholine rings is 1. The van der Waals surface area contributed by atoms with Crippen LogP contribution in [0.2, 0.25) is 0 Å². The summed E-state index contributed by atoms with van der Waals surface area (Å²) in [5.74, 6) is 0.120. The van der Waals surface area contributed by atoms with Crippen LogP contribution in [0, 0.1) is 0 Å². The van der Waals surface area contributed by atoms with E-state index in [0.717, 1.165) is 72.1 Å². The van der Waals surface area contributed by atoms with E-state index in [9.17, 15) is 9.59 Å². The maximum absolute atomic E-state index is 12.6. The van der Waals surface area contributed by atoms with Crippen LogP contribution in [0.3, 0.4) is 0 Å². The molecule has 0 unspecified atom stereocenters. The maximum atomic E-state index is 12.6. The zero-order chi connectivity index (χ0) is 17.2. The normalized spacial score (nSPS) is 17.8. The van der Waals surface area contributed by atoms with Gasteiger partial charge in [-0.15, -0.1) is 11.3 Å². The smallest absolute Gasteiger partial charge is 0.254 e. The van der Waals surface area contributed by atoms with Crippen molar-refractivity contribution in [3.05, 3.63) is 46.3 Å². The number of hydrogen-bond donors (Lipinski definition) is 0. The topological polar surface area (TPSA) is 49.9 Å². The molecule has 0 atom stereocenters. The quantitative estimate of drug-likeness (QED) is 0.773. The number of fused-ring (bicyclic) bond motifs is 1. The van der Waals surface area contributed by atoms with Gasteiger partial charge in [0.2, 0.25) is 0 Å². The fraction of sp³-hybridized carbons (Fsp3) is 0.368. The van der Waals surface area contributed by atoms with Gasteiger partial charge in [0, 0.05) is 43.2 Å². The van der Waals surface area contributed by atoms with Crippen LogP contribution in [0.25, 0.3) is 10.4 Å². The highest BCUT2D eigenvalue weighted by molar-refractivity contribution is 7.17. The number of rotatable bonds is 5. The van der Waals surface area contributed by atoms with Crippen molar-refractivity contribution in [3.8, 4) is 10.4 Å². The van der Waals surface area contributed by atoms with E-state index in [-0.39, 0.29) is 5.91 Å². The lowest BCUT2D eigenvalue weighted by atomic mass is 10.1. The van der Waals surface area contributed by atoms with Crippen LogP contribution in [-0.4, -0.2) is 61.4 Å². The second-order valence-corrected chi connectivity index (χ2v) is 7.49. The molecule has 2 aromatic rings. The van der Waals surface area contributed by atoms with Gasteiger partial charge >= 0.3 is 0 Å². The molecule has 5 nitrogen and oxygen atoms in total. The molecule has 1 amide bonds. The molecule has 0 bridgehead atoms. The van der Waals surface area contributed by atoms with Gasteiger partial charge in [0.25, 0.3) is 5.91 Å². The molecule has 3 heterocycles. The lowest BCUT2D eigenvalue weighted by Crippen LogP contribution is -2.41. The Morgan fingerprint density at radius 2 is 1.96 bits per heavy atom. The summed E-state index contributed by atoms with van der Waals surface area (Å²) in [6, 6.07) is 9.77. The van der Waals surface area contributed by atoms with E-state index < -0.39 is 0 Å². The number of nitrogens with zero attached hydrogens (tertiary/aromatic N) is 2. The van der Waals surface area contributed by atoms with Crippen LogP contribution < -0.4 is 0 Å². The van der Waals surface area contributed by atoms with Gasteiger partial charge in [0.1, 0.15) is 0 Å². The monoisotopic (exact) mass is 356 g/mol. The molecule has 1 saturated heterocycles. The van der Waals surface area contributed by atoms with Crippen molar-refractivity contribution in [3.63, 3.8) is 0 Å². The number of carbonyl (C=O) groups is 2. The first-order valence-corrected chi connectivity index (χ1v) is 9.34. The molecule has 0 radical (unpaired) electrons. The number of aldehydes is 1. The minimum absolute atomic E-state index is 0.120. The van der Waals surface area contributed by atoms with E-state index in [1.165, 1.54) is 11.3 Å². The second kappa shape index (κ2) is 7.07. The van der Waals surface area contributed by atoms with Crippen LogP contribution in [0.15, 0.2) is 30.3 Å². The molecule has 2 aliphatic rings. The third-order valence-electron chi connectivity index (χ3n) is 4.80. The fourth-order valence-corrected chi connectivity index (χ4v) is 4.19. The summed E-state index contributed by atoms with van der Waals surface area (Å²) in [7, 11) is 0.